The number of nitrogens with one attached hydrogen (secondary N) is 1. The van der Waals surface area contributed by atoms with Gasteiger partial charge < -0.3 is 15.0 Å². The molecule has 3 rings (SSSR count). The second kappa shape index (κ2) is 10.5. The fraction of sp³-hybridized carbons (Fsp3) is 0.391. The number of ether oxygens (including phenoxy) is 1. The Bertz CT molecular complexity index is 1150. The Morgan fingerprint density at radius 1 is 1.15 bits per heavy atom. The molecule has 0 bridgehead atoms. The van der Waals surface area contributed by atoms with Crippen molar-refractivity contribution in [1.82, 2.24) is 4.90 Å². The fourth-order valence-electron chi connectivity index (χ4n) is 3.76. The van der Waals surface area contributed by atoms with Crippen LogP contribution in [0.25, 0.3) is 0 Å². The highest BCUT2D eigenvalue weighted by Gasteiger charge is 2.34. The number of esters is 1. The van der Waals surface area contributed by atoms with E-state index in [1.807, 2.05) is 6.92 Å². The highest BCUT2D eigenvalue weighted by Crippen LogP contribution is 2.32. The van der Waals surface area contributed by atoms with Crippen molar-refractivity contribution in [2.75, 3.05) is 30.0 Å². The lowest BCUT2D eigenvalue weighted by Gasteiger charge is -2.27. The molecule has 1 N–H and O–H groups in total. The first-order valence-corrected chi connectivity index (χ1v) is 12.5. The molecule has 1 aliphatic rings. The van der Waals surface area contributed by atoms with Crippen molar-refractivity contribution in [2.45, 2.75) is 32.0 Å². The van der Waals surface area contributed by atoms with Gasteiger partial charge in [0.25, 0.3) is 5.91 Å². The lowest BCUT2D eigenvalue weighted by molar-refractivity contribution is -0.137. The molecule has 1 heterocycles. The molecular formula is C23H25F3N2O5S. The monoisotopic (exact) mass is 498 g/mol. The Kier molecular flexibility index (Phi) is 7.86. The first-order chi connectivity index (χ1) is 16.0. The van der Waals surface area contributed by atoms with Crippen molar-refractivity contribution in [1.29, 1.82) is 0 Å². The molecule has 0 aromatic heterocycles. The number of anilines is 2. The number of nitrogens with zero attached hydrogens (tertiary/aromatic N) is 1. The van der Waals surface area contributed by atoms with Gasteiger partial charge in [-0.3, -0.25) is 4.79 Å². The van der Waals surface area contributed by atoms with E-state index in [2.05, 4.69) is 5.32 Å². The zero-order valence-corrected chi connectivity index (χ0v) is 19.3. The lowest BCUT2D eigenvalue weighted by Crippen LogP contribution is -2.43. The van der Waals surface area contributed by atoms with Gasteiger partial charge in [0.1, 0.15) is 0 Å². The predicted octanol–water partition coefficient (Wildman–Crippen LogP) is 4.03. The van der Waals surface area contributed by atoms with Gasteiger partial charge in [0.15, 0.2) is 16.4 Å². The van der Waals surface area contributed by atoms with Crippen molar-refractivity contribution in [3.63, 3.8) is 0 Å². The summed E-state index contributed by atoms with van der Waals surface area (Å²) in [6, 6.07) is 10.2. The molecule has 0 aliphatic carbocycles. The molecule has 7 nitrogen and oxygen atoms in total. The summed E-state index contributed by atoms with van der Waals surface area (Å²) in [5.41, 5.74) is -0.458. The van der Waals surface area contributed by atoms with Crippen molar-refractivity contribution < 1.29 is 35.9 Å². The van der Waals surface area contributed by atoms with Crippen molar-refractivity contribution in [3.8, 4) is 0 Å². The van der Waals surface area contributed by atoms with Crippen molar-refractivity contribution >= 4 is 33.1 Å². The van der Waals surface area contributed by atoms with Gasteiger partial charge in [-0.25, -0.2) is 13.2 Å². The van der Waals surface area contributed by atoms with Crippen LogP contribution >= 0.6 is 0 Å². The number of sulfone groups is 1. The van der Waals surface area contributed by atoms with Gasteiger partial charge in [-0.1, -0.05) is 25.1 Å². The number of carbonyl (C=O) groups excluding carboxylic acids is 2. The Morgan fingerprint density at radius 3 is 2.53 bits per heavy atom. The summed E-state index contributed by atoms with van der Waals surface area (Å²) in [5, 5.41) is 2.79. The topological polar surface area (TPSA) is 92.8 Å². The van der Waals surface area contributed by atoms with Gasteiger partial charge in [0.2, 0.25) is 0 Å². The summed E-state index contributed by atoms with van der Waals surface area (Å²) in [4.78, 5) is 26.8. The summed E-state index contributed by atoms with van der Waals surface area (Å²) in [6.07, 6.45) is -3.56. The molecule has 1 aliphatic heterocycles. The minimum absolute atomic E-state index is 0.0134. The maximum Gasteiger partial charge on any atom is 0.416 e. The number of carbonyl (C=O) groups is 2. The van der Waals surface area contributed by atoms with Crippen LogP contribution in [0.1, 0.15) is 35.7 Å². The van der Waals surface area contributed by atoms with E-state index in [0.717, 1.165) is 12.1 Å². The lowest BCUT2D eigenvalue weighted by atomic mass is 10.1. The van der Waals surface area contributed by atoms with E-state index >= 15 is 0 Å². The van der Waals surface area contributed by atoms with Crippen LogP contribution in [0.15, 0.2) is 48.5 Å². The molecule has 0 radical (unpaired) electrons. The quantitative estimate of drug-likeness (QED) is 0.553. The Balaban J connectivity index is 1.69. The summed E-state index contributed by atoms with van der Waals surface area (Å²) < 4.78 is 67.8. The minimum atomic E-state index is -4.51. The van der Waals surface area contributed by atoms with Crippen LogP contribution in [-0.4, -0.2) is 55.9 Å². The average Bonchev–Trinajstić information content (AvgIpc) is 3.14. The van der Waals surface area contributed by atoms with E-state index in [-0.39, 0.29) is 28.4 Å². The van der Waals surface area contributed by atoms with Crippen molar-refractivity contribution in [3.05, 3.63) is 59.7 Å². The van der Waals surface area contributed by atoms with Gasteiger partial charge in [-0.05, 0) is 43.2 Å². The Labute approximate surface area is 195 Å². The summed E-state index contributed by atoms with van der Waals surface area (Å²) in [7, 11) is -3.19. The molecule has 0 saturated carbocycles. The van der Waals surface area contributed by atoms with Crippen LogP contribution in [0, 0.1) is 0 Å². The van der Waals surface area contributed by atoms with Crippen LogP contribution in [0.4, 0.5) is 24.5 Å². The van der Waals surface area contributed by atoms with Crippen LogP contribution in [-0.2, 0) is 25.5 Å². The zero-order chi connectivity index (χ0) is 24.9. The highest BCUT2D eigenvalue weighted by atomic mass is 32.2. The third-order valence-corrected chi connectivity index (χ3v) is 7.13. The smallest absolute Gasteiger partial charge is 0.416 e. The standard InChI is InChI=1S/C23H25F3N2O5S/c1-2-11-28(18-10-12-34(31,32)15-18)21(29)14-33-22(30)19-8-3-4-9-20(19)27-17-7-5-6-16(13-17)23(24,25)26/h3-9,13,18,27H,2,10-12,14-15H2,1H3. The first-order valence-electron chi connectivity index (χ1n) is 10.7. The summed E-state index contributed by atoms with van der Waals surface area (Å²) in [6.45, 7) is 1.61. The average molecular weight is 499 g/mol. The molecule has 2 aromatic rings. The molecule has 184 valence electrons. The summed E-state index contributed by atoms with van der Waals surface area (Å²) in [5.74, 6) is -1.43. The number of alkyl halides is 3. The van der Waals surface area contributed by atoms with Crippen LogP contribution < -0.4 is 5.32 Å². The molecule has 1 saturated heterocycles. The Morgan fingerprint density at radius 2 is 1.88 bits per heavy atom. The maximum absolute atomic E-state index is 13.0. The maximum atomic E-state index is 13.0. The summed E-state index contributed by atoms with van der Waals surface area (Å²) >= 11 is 0. The number of halogens is 3. The number of hydrogen-bond donors (Lipinski definition) is 1. The molecule has 34 heavy (non-hydrogen) atoms. The number of hydrogen-bond acceptors (Lipinski definition) is 6. The fourth-order valence-corrected chi connectivity index (χ4v) is 5.49. The minimum Gasteiger partial charge on any atom is -0.452 e. The van der Waals surface area contributed by atoms with E-state index in [4.69, 9.17) is 4.74 Å². The molecule has 1 unspecified atom stereocenters. The van der Waals surface area contributed by atoms with E-state index in [1.54, 1.807) is 12.1 Å². The first kappa shape index (κ1) is 25.5. The van der Waals surface area contributed by atoms with Gasteiger partial charge in [-0.2, -0.15) is 13.2 Å². The molecule has 2 aromatic carbocycles. The number of para-hydroxylation sites is 1. The van der Waals surface area contributed by atoms with Crippen LogP contribution in [0.2, 0.25) is 0 Å². The molecule has 11 heteroatoms. The third-order valence-electron chi connectivity index (χ3n) is 5.38. The second-order valence-electron chi connectivity index (χ2n) is 7.97. The molecular weight excluding hydrogens is 473 g/mol. The zero-order valence-electron chi connectivity index (χ0n) is 18.5. The van der Waals surface area contributed by atoms with Gasteiger partial charge >= 0.3 is 12.1 Å². The van der Waals surface area contributed by atoms with Gasteiger partial charge in [0.05, 0.1) is 28.3 Å². The van der Waals surface area contributed by atoms with E-state index in [1.165, 1.54) is 29.2 Å². The van der Waals surface area contributed by atoms with Crippen LogP contribution in [0.5, 0.6) is 0 Å². The largest absolute Gasteiger partial charge is 0.452 e. The van der Waals surface area contributed by atoms with E-state index in [9.17, 15) is 31.2 Å². The molecule has 1 atom stereocenters. The number of rotatable bonds is 8. The van der Waals surface area contributed by atoms with Crippen LogP contribution in [0.3, 0.4) is 0 Å². The van der Waals surface area contributed by atoms with Gasteiger partial charge in [0, 0.05) is 18.3 Å². The van der Waals surface area contributed by atoms with E-state index in [0.29, 0.717) is 19.4 Å². The molecule has 1 fully saturated rings. The highest BCUT2D eigenvalue weighted by molar-refractivity contribution is 7.91. The predicted molar refractivity (Wildman–Crippen MR) is 121 cm³/mol. The molecule has 1 amide bonds. The van der Waals surface area contributed by atoms with Gasteiger partial charge in [-0.15, -0.1) is 0 Å². The number of benzene rings is 2. The third kappa shape index (κ3) is 6.49. The second-order valence-corrected chi connectivity index (χ2v) is 10.2. The van der Waals surface area contributed by atoms with Crippen molar-refractivity contribution in [2.24, 2.45) is 0 Å². The number of amides is 1. The SMILES string of the molecule is CCCN(C(=O)COC(=O)c1ccccc1Nc1cccc(C(F)(F)F)c1)C1CCS(=O)(=O)C1. The Hall–Kier alpha value is -3.08. The molecule has 0 spiro atoms. The van der Waals surface area contributed by atoms with E-state index < -0.39 is 46.1 Å². The normalized spacial score (nSPS) is 17.2.